The highest BCUT2D eigenvalue weighted by molar-refractivity contribution is 7.14. The number of fused-ring (bicyclic) bond motifs is 1. The van der Waals surface area contributed by atoms with Crippen LogP contribution in [0.3, 0.4) is 0 Å². The molecule has 2 heterocycles. The van der Waals surface area contributed by atoms with Crippen molar-refractivity contribution in [2.24, 2.45) is 7.05 Å². The second kappa shape index (κ2) is 4.62. The molecule has 0 aliphatic heterocycles. The first-order valence-electron chi connectivity index (χ1n) is 6.10. The summed E-state index contributed by atoms with van der Waals surface area (Å²) in [5.74, 6) is 0.0989. The van der Waals surface area contributed by atoms with Crippen LogP contribution in [0.5, 0.6) is 0 Å². The second-order valence-corrected chi connectivity index (χ2v) is 5.71. The van der Waals surface area contributed by atoms with Gasteiger partial charge in [0, 0.05) is 18.1 Å². The van der Waals surface area contributed by atoms with Crippen molar-refractivity contribution >= 4 is 23.1 Å². The number of aromatic nitrogens is 2. The van der Waals surface area contributed by atoms with Crippen LogP contribution in [0.2, 0.25) is 0 Å². The Balaban J connectivity index is 1.80. The molecule has 3 rings (SSSR count). The molecule has 1 amide bonds. The average Bonchev–Trinajstić information content (AvgIpc) is 2.94. The highest BCUT2D eigenvalue weighted by Crippen LogP contribution is 2.30. The number of aryl methyl sites for hydroxylation is 3. The van der Waals surface area contributed by atoms with Crippen LogP contribution in [0.25, 0.3) is 0 Å². The SMILES string of the molecule is Cn1ccc(NC(=O)c2cc3c(s2)CCC3)nc1=O. The van der Waals surface area contributed by atoms with Gasteiger partial charge in [0.2, 0.25) is 0 Å². The molecule has 0 saturated heterocycles. The van der Waals surface area contributed by atoms with Gasteiger partial charge in [-0.2, -0.15) is 4.98 Å². The zero-order valence-electron chi connectivity index (χ0n) is 10.5. The van der Waals surface area contributed by atoms with Crippen LogP contribution in [0.15, 0.2) is 23.1 Å². The van der Waals surface area contributed by atoms with Crippen molar-refractivity contribution in [2.75, 3.05) is 5.32 Å². The van der Waals surface area contributed by atoms with Crippen molar-refractivity contribution < 1.29 is 4.79 Å². The molecule has 0 spiro atoms. The largest absolute Gasteiger partial charge is 0.349 e. The minimum atomic E-state index is -0.383. The van der Waals surface area contributed by atoms with E-state index < -0.39 is 0 Å². The molecule has 0 unspecified atom stereocenters. The molecule has 1 N–H and O–H groups in total. The molecular weight excluding hydrogens is 262 g/mol. The Hall–Kier alpha value is -1.95. The number of carbonyl (C=O) groups is 1. The first-order valence-corrected chi connectivity index (χ1v) is 6.92. The summed E-state index contributed by atoms with van der Waals surface area (Å²) in [6, 6.07) is 3.56. The van der Waals surface area contributed by atoms with Gasteiger partial charge >= 0.3 is 5.69 Å². The van der Waals surface area contributed by atoms with Gasteiger partial charge < -0.3 is 9.88 Å². The summed E-state index contributed by atoms with van der Waals surface area (Å²) in [6.07, 6.45) is 4.89. The highest BCUT2D eigenvalue weighted by Gasteiger charge is 2.18. The van der Waals surface area contributed by atoms with Gasteiger partial charge in [-0.25, -0.2) is 4.79 Å². The Bertz CT molecular complexity index is 681. The third-order valence-corrected chi connectivity index (χ3v) is 4.42. The van der Waals surface area contributed by atoms with E-state index in [-0.39, 0.29) is 11.6 Å². The average molecular weight is 275 g/mol. The molecule has 19 heavy (non-hydrogen) atoms. The van der Waals surface area contributed by atoms with E-state index in [2.05, 4.69) is 10.3 Å². The molecule has 0 aromatic carbocycles. The number of rotatable bonds is 2. The summed E-state index contributed by atoms with van der Waals surface area (Å²) in [5.41, 5.74) is 0.901. The highest BCUT2D eigenvalue weighted by atomic mass is 32.1. The summed E-state index contributed by atoms with van der Waals surface area (Å²) >= 11 is 1.53. The van der Waals surface area contributed by atoms with Crippen molar-refractivity contribution in [2.45, 2.75) is 19.3 Å². The summed E-state index contributed by atoms with van der Waals surface area (Å²) < 4.78 is 1.36. The number of anilines is 1. The van der Waals surface area contributed by atoms with Crippen LogP contribution >= 0.6 is 11.3 Å². The number of hydrogen-bond acceptors (Lipinski definition) is 4. The van der Waals surface area contributed by atoms with Crippen LogP contribution in [-0.2, 0) is 19.9 Å². The predicted molar refractivity (Wildman–Crippen MR) is 73.8 cm³/mol. The fourth-order valence-corrected chi connectivity index (χ4v) is 3.30. The first kappa shape index (κ1) is 12.1. The monoisotopic (exact) mass is 275 g/mol. The number of amides is 1. The van der Waals surface area contributed by atoms with Gasteiger partial charge in [-0.1, -0.05) is 0 Å². The summed E-state index contributed by atoms with van der Waals surface area (Å²) in [6.45, 7) is 0. The van der Waals surface area contributed by atoms with E-state index in [0.29, 0.717) is 10.7 Å². The molecule has 2 aromatic heterocycles. The predicted octanol–water partition coefficient (Wildman–Crippen LogP) is 1.58. The van der Waals surface area contributed by atoms with Gasteiger partial charge in [-0.05, 0) is 37.0 Å². The molecule has 0 radical (unpaired) electrons. The molecule has 0 saturated carbocycles. The Morgan fingerprint density at radius 2 is 2.32 bits per heavy atom. The van der Waals surface area contributed by atoms with E-state index in [1.54, 1.807) is 19.3 Å². The molecule has 1 aliphatic carbocycles. The number of nitrogens with one attached hydrogen (secondary N) is 1. The number of carbonyl (C=O) groups excluding carboxylic acids is 1. The Morgan fingerprint density at radius 1 is 1.47 bits per heavy atom. The zero-order valence-corrected chi connectivity index (χ0v) is 11.3. The van der Waals surface area contributed by atoms with Crippen molar-refractivity contribution in [3.05, 3.63) is 44.1 Å². The van der Waals surface area contributed by atoms with Crippen LogP contribution < -0.4 is 11.0 Å². The van der Waals surface area contributed by atoms with E-state index >= 15 is 0 Å². The molecule has 0 atom stereocenters. The van der Waals surface area contributed by atoms with E-state index in [4.69, 9.17) is 0 Å². The van der Waals surface area contributed by atoms with Gasteiger partial charge in [0.05, 0.1) is 4.88 Å². The third-order valence-electron chi connectivity index (χ3n) is 3.19. The summed E-state index contributed by atoms with van der Waals surface area (Å²) in [7, 11) is 1.62. The quantitative estimate of drug-likeness (QED) is 0.905. The first-order chi connectivity index (χ1) is 9.13. The van der Waals surface area contributed by atoms with Crippen molar-refractivity contribution in [3.8, 4) is 0 Å². The topological polar surface area (TPSA) is 64.0 Å². The van der Waals surface area contributed by atoms with E-state index in [1.165, 1.54) is 32.8 Å². The van der Waals surface area contributed by atoms with Gasteiger partial charge in [-0.3, -0.25) is 4.79 Å². The second-order valence-electron chi connectivity index (χ2n) is 4.57. The lowest BCUT2D eigenvalue weighted by Crippen LogP contribution is -2.22. The van der Waals surface area contributed by atoms with Gasteiger partial charge in [0.15, 0.2) is 0 Å². The smallest absolute Gasteiger partial charge is 0.306 e. The Kier molecular flexibility index (Phi) is 2.94. The maximum Gasteiger partial charge on any atom is 0.349 e. The number of thiophene rings is 1. The lowest BCUT2D eigenvalue weighted by Gasteiger charge is -2.03. The van der Waals surface area contributed by atoms with Crippen molar-refractivity contribution in [1.29, 1.82) is 0 Å². The van der Waals surface area contributed by atoms with Gasteiger partial charge in [0.25, 0.3) is 5.91 Å². The normalized spacial score (nSPS) is 13.3. The standard InChI is InChI=1S/C13H13N3O2S/c1-16-6-5-11(15-13(16)18)14-12(17)10-7-8-3-2-4-9(8)19-10/h5-7H,2-4H2,1H3,(H,14,15,17,18). The lowest BCUT2D eigenvalue weighted by molar-refractivity contribution is 0.103. The molecule has 98 valence electrons. The fraction of sp³-hybridized carbons (Fsp3) is 0.308. The number of nitrogens with zero attached hydrogens (tertiary/aromatic N) is 2. The lowest BCUT2D eigenvalue weighted by atomic mass is 10.2. The Morgan fingerprint density at radius 3 is 3.05 bits per heavy atom. The van der Waals surface area contributed by atoms with Crippen molar-refractivity contribution in [3.63, 3.8) is 0 Å². The maximum atomic E-state index is 12.1. The van der Waals surface area contributed by atoms with E-state index in [0.717, 1.165) is 12.8 Å². The maximum absolute atomic E-state index is 12.1. The number of hydrogen-bond donors (Lipinski definition) is 1. The molecule has 0 bridgehead atoms. The van der Waals surface area contributed by atoms with E-state index in [9.17, 15) is 9.59 Å². The van der Waals surface area contributed by atoms with Crippen LogP contribution in [0, 0.1) is 0 Å². The summed E-state index contributed by atoms with van der Waals surface area (Å²) in [5, 5.41) is 2.66. The Labute approximate surface area is 113 Å². The third kappa shape index (κ3) is 2.31. The summed E-state index contributed by atoms with van der Waals surface area (Å²) in [4.78, 5) is 29.2. The van der Waals surface area contributed by atoms with E-state index in [1.807, 2.05) is 6.07 Å². The molecular formula is C13H13N3O2S. The van der Waals surface area contributed by atoms with Crippen LogP contribution in [0.4, 0.5) is 5.82 Å². The minimum absolute atomic E-state index is 0.194. The van der Waals surface area contributed by atoms with Crippen LogP contribution in [0.1, 0.15) is 26.5 Å². The molecule has 5 nitrogen and oxygen atoms in total. The minimum Gasteiger partial charge on any atom is -0.306 e. The molecule has 6 heteroatoms. The fourth-order valence-electron chi connectivity index (χ4n) is 2.15. The van der Waals surface area contributed by atoms with Gasteiger partial charge in [0.1, 0.15) is 5.82 Å². The van der Waals surface area contributed by atoms with Crippen LogP contribution in [-0.4, -0.2) is 15.5 Å². The molecule has 1 aliphatic rings. The molecule has 0 fully saturated rings. The molecule has 2 aromatic rings. The van der Waals surface area contributed by atoms with Gasteiger partial charge in [-0.15, -0.1) is 11.3 Å². The van der Waals surface area contributed by atoms with Crippen molar-refractivity contribution in [1.82, 2.24) is 9.55 Å². The zero-order chi connectivity index (χ0) is 13.4.